The molecule has 0 aliphatic carbocycles. The van der Waals surface area contributed by atoms with Crippen LogP contribution in [-0.4, -0.2) is 17.6 Å². The molecule has 0 aromatic heterocycles. The van der Waals surface area contributed by atoms with Gasteiger partial charge >= 0.3 is 0 Å². The molecule has 0 amide bonds. The topological polar surface area (TPSA) is 70.6 Å². The van der Waals surface area contributed by atoms with Crippen molar-refractivity contribution in [2.75, 3.05) is 11.9 Å². The van der Waals surface area contributed by atoms with Crippen molar-refractivity contribution in [3.63, 3.8) is 0 Å². The van der Waals surface area contributed by atoms with Gasteiger partial charge in [-0.05, 0) is 31.4 Å². The molecule has 1 rings (SSSR count). The van der Waals surface area contributed by atoms with Crippen molar-refractivity contribution in [1.29, 1.82) is 0 Å². The van der Waals surface area contributed by atoms with Crippen molar-refractivity contribution in [1.82, 2.24) is 0 Å². The minimum absolute atomic E-state index is 0.265. The summed E-state index contributed by atoms with van der Waals surface area (Å²) >= 11 is 6.14. The number of rotatable bonds is 6. The van der Waals surface area contributed by atoms with Gasteiger partial charge in [0.15, 0.2) is 0 Å². The largest absolute Gasteiger partial charge is 0.409 e. The lowest BCUT2D eigenvalue weighted by Gasteiger charge is -2.23. The second-order valence-corrected chi connectivity index (χ2v) is 5.74. The number of aryl methyl sites for hydroxylation is 1. The molecule has 0 saturated carbocycles. The number of para-hydroxylation sites is 1. The van der Waals surface area contributed by atoms with Crippen LogP contribution in [0.25, 0.3) is 0 Å². The summed E-state index contributed by atoms with van der Waals surface area (Å²) in [4.78, 5) is 0. The smallest absolute Gasteiger partial charge is 0.144 e. The van der Waals surface area contributed by atoms with E-state index in [9.17, 15) is 0 Å². The Bertz CT molecular complexity index is 438. The number of nitrogens with one attached hydrogen (secondary N) is 1. The summed E-state index contributed by atoms with van der Waals surface area (Å²) in [6.07, 6.45) is 1.74. The Hall–Kier alpha value is -1.42. The van der Waals surface area contributed by atoms with Crippen molar-refractivity contribution in [3.8, 4) is 0 Å². The molecule has 4 N–H and O–H groups in total. The van der Waals surface area contributed by atoms with Gasteiger partial charge in [-0.3, -0.25) is 0 Å². The number of halogens is 1. The quantitative estimate of drug-likeness (QED) is 0.245. The van der Waals surface area contributed by atoms with E-state index in [1.807, 2.05) is 39.0 Å². The summed E-state index contributed by atoms with van der Waals surface area (Å²) in [5, 5.41) is 15.9. The fourth-order valence-corrected chi connectivity index (χ4v) is 2.15. The average Bonchev–Trinajstić information content (AvgIpc) is 2.36. The van der Waals surface area contributed by atoms with E-state index in [0.29, 0.717) is 0 Å². The highest BCUT2D eigenvalue weighted by Crippen LogP contribution is 2.26. The van der Waals surface area contributed by atoms with Gasteiger partial charge in [0.2, 0.25) is 0 Å². The van der Waals surface area contributed by atoms with Gasteiger partial charge in [-0.1, -0.05) is 42.7 Å². The van der Waals surface area contributed by atoms with Gasteiger partial charge in [-0.2, -0.15) is 0 Å². The third kappa shape index (κ3) is 4.31. The molecule has 0 aliphatic rings. The molecule has 0 fully saturated rings. The molecule has 0 spiro atoms. The molecular formula is C14H22ClN3O. The Morgan fingerprint density at radius 3 is 2.74 bits per heavy atom. The van der Waals surface area contributed by atoms with Crippen LogP contribution in [-0.2, 0) is 0 Å². The summed E-state index contributed by atoms with van der Waals surface area (Å²) in [6, 6.07) is 5.83. The molecule has 5 heteroatoms. The lowest BCUT2D eigenvalue weighted by molar-refractivity contribution is 0.305. The zero-order valence-electron chi connectivity index (χ0n) is 11.7. The number of benzene rings is 1. The SMILES string of the molecule is Cc1cccc(Cl)c1NCCCC(C)(C)C(N)=NO. The van der Waals surface area contributed by atoms with E-state index in [2.05, 4.69) is 10.5 Å². The van der Waals surface area contributed by atoms with Gasteiger partial charge < -0.3 is 16.3 Å². The molecule has 1 aromatic carbocycles. The van der Waals surface area contributed by atoms with E-state index in [1.54, 1.807) is 0 Å². The van der Waals surface area contributed by atoms with Crippen LogP contribution in [0, 0.1) is 12.3 Å². The molecule has 0 heterocycles. The van der Waals surface area contributed by atoms with E-state index < -0.39 is 0 Å². The van der Waals surface area contributed by atoms with Crippen LogP contribution in [0.3, 0.4) is 0 Å². The van der Waals surface area contributed by atoms with Gasteiger partial charge in [0.25, 0.3) is 0 Å². The molecule has 0 radical (unpaired) electrons. The fraction of sp³-hybridized carbons (Fsp3) is 0.500. The van der Waals surface area contributed by atoms with Gasteiger partial charge in [0.05, 0.1) is 10.7 Å². The van der Waals surface area contributed by atoms with Crippen LogP contribution in [0.5, 0.6) is 0 Å². The normalized spacial score (nSPS) is 12.5. The lowest BCUT2D eigenvalue weighted by atomic mass is 9.86. The van der Waals surface area contributed by atoms with Crippen LogP contribution in [0.1, 0.15) is 32.3 Å². The van der Waals surface area contributed by atoms with Crippen LogP contribution >= 0.6 is 11.6 Å². The van der Waals surface area contributed by atoms with Crippen molar-refractivity contribution in [2.45, 2.75) is 33.6 Å². The molecule has 0 unspecified atom stereocenters. The molecule has 0 atom stereocenters. The number of nitrogens with two attached hydrogens (primary N) is 1. The van der Waals surface area contributed by atoms with Gasteiger partial charge in [0.1, 0.15) is 5.84 Å². The number of hydrogen-bond donors (Lipinski definition) is 3. The Kier molecular flexibility index (Phi) is 5.48. The Morgan fingerprint density at radius 2 is 2.16 bits per heavy atom. The number of amidine groups is 1. The molecular weight excluding hydrogens is 262 g/mol. The minimum atomic E-state index is -0.300. The van der Waals surface area contributed by atoms with Gasteiger partial charge in [0, 0.05) is 12.0 Å². The van der Waals surface area contributed by atoms with Crippen LogP contribution in [0.15, 0.2) is 23.4 Å². The Morgan fingerprint density at radius 1 is 1.47 bits per heavy atom. The van der Waals surface area contributed by atoms with Crippen LogP contribution in [0.2, 0.25) is 5.02 Å². The lowest BCUT2D eigenvalue weighted by Crippen LogP contribution is -2.32. The third-order valence-corrected chi connectivity index (χ3v) is 3.62. The minimum Gasteiger partial charge on any atom is -0.409 e. The van der Waals surface area contributed by atoms with E-state index in [-0.39, 0.29) is 11.3 Å². The third-order valence-electron chi connectivity index (χ3n) is 3.30. The van der Waals surface area contributed by atoms with Gasteiger partial charge in [-0.25, -0.2) is 0 Å². The Labute approximate surface area is 119 Å². The summed E-state index contributed by atoms with van der Waals surface area (Å²) in [5.74, 6) is 0.265. The monoisotopic (exact) mass is 283 g/mol. The van der Waals surface area contributed by atoms with Crippen molar-refractivity contribution in [2.24, 2.45) is 16.3 Å². The average molecular weight is 284 g/mol. The van der Waals surface area contributed by atoms with Crippen LogP contribution in [0.4, 0.5) is 5.69 Å². The van der Waals surface area contributed by atoms with Crippen molar-refractivity contribution >= 4 is 23.1 Å². The molecule has 0 bridgehead atoms. The molecule has 19 heavy (non-hydrogen) atoms. The molecule has 0 aliphatic heterocycles. The highest BCUT2D eigenvalue weighted by atomic mass is 35.5. The first-order valence-corrected chi connectivity index (χ1v) is 6.73. The van der Waals surface area contributed by atoms with E-state index in [1.165, 1.54) is 0 Å². The number of nitrogens with zero attached hydrogens (tertiary/aromatic N) is 1. The predicted molar refractivity (Wildman–Crippen MR) is 81.1 cm³/mol. The maximum atomic E-state index is 8.71. The number of anilines is 1. The molecule has 106 valence electrons. The Balaban J connectivity index is 2.48. The molecule has 0 saturated heterocycles. The fourth-order valence-electron chi connectivity index (χ4n) is 1.86. The second kappa shape index (κ2) is 6.66. The summed E-state index contributed by atoms with van der Waals surface area (Å²) in [7, 11) is 0. The van der Waals surface area contributed by atoms with E-state index in [0.717, 1.165) is 35.7 Å². The van der Waals surface area contributed by atoms with E-state index in [4.69, 9.17) is 22.5 Å². The van der Waals surface area contributed by atoms with Crippen molar-refractivity contribution in [3.05, 3.63) is 28.8 Å². The van der Waals surface area contributed by atoms with Gasteiger partial charge in [-0.15, -0.1) is 0 Å². The first-order valence-electron chi connectivity index (χ1n) is 6.35. The predicted octanol–water partition coefficient (Wildman–Crippen LogP) is 3.61. The molecule has 1 aromatic rings. The highest BCUT2D eigenvalue weighted by molar-refractivity contribution is 6.33. The maximum absolute atomic E-state index is 8.71. The summed E-state index contributed by atoms with van der Waals surface area (Å²) in [5.41, 5.74) is 7.46. The molecule has 4 nitrogen and oxygen atoms in total. The zero-order chi connectivity index (χ0) is 14.5. The van der Waals surface area contributed by atoms with Crippen LogP contribution < -0.4 is 11.1 Å². The standard InChI is InChI=1S/C14H22ClN3O/c1-10-6-4-7-11(15)12(10)17-9-5-8-14(2,3)13(16)18-19/h4,6-7,17,19H,5,8-9H2,1-3H3,(H2,16,18). The number of hydrogen-bond acceptors (Lipinski definition) is 3. The first-order chi connectivity index (χ1) is 8.88. The van der Waals surface area contributed by atoms with E-state index >= 15 is 0 Å². The zero-order valence-corrected chi connectivity index (χ0v) is 12.5. The maximum Gasteiger partial charge on any atom is 0.144 e. The van der Waals surface area contributed by atoms with Crippen molar-refractivity contribution < 1.29 is 5.21 Å². The summed E-state index contributed by atoms with van der Waals surface area (Å²) in [6.45, 7) is 6.74. The second-order valence-electron chi connectivity index (χ2n) is 5.33. The summed E-state index contributed by atoms with van der Waals surface area (Å²) < 4.78 is 0. The first kappa shape index (κ1) is 15.6. The highest BCUT2D eigenvalue weighted by Gasteiger charge is 2.22. The number of oxime groups is 1.